The molecule has 9 rings (SSSR count). The number of nitrogens with two attached hydrogens (primary N) is 1. The van der Waals surface area contributed by atoms with E-state index < -0.39 is 41.5 Å². The molecule has 0 radical (unpaired) electrons. The van der Waals surface area contributed by atoms with Crippen LogP contribution in [-0.4, -0.2) is 50.1 Å². The summed E-state index contributed by atoms with van der Waals surface area (Å²) in [5, 5.41) is 19.1. The number of nitrogens with one attached hydrogen (secondary N) is 3. The van der Waals surface area contributed by atoms with Crippen molar-refractivity contribution in [2.24, 2.45) is 17.6 Å². The van der Waals surface area contributed by atoms with Crippen LogP contribution < -0.4 is 21.1 Å². The van der Waals surface area contributed by atoms with Gasteiger partial charge in [0.05, 0.1) is 11.6 Å². The number of halogens is 2. The Hall–Kier alpha value is -5.30. The molecule has 55 heavy (non-hydrogen) atoms. The number of phenols is 1. The van der Waals surface area contributed by atoms with Crippen LogP contribution in [0.5, 0.6) is 11.5 Å². The Morgan fingerprint density at radius 2 is 1.80 bits per heavy atom. The number of benzene rings is 3. The predicted octanol–water partition coefficient (Wildman–Crippen LogP) is 7.42. The molecule has 0 saturated heterocycles. The highest BCUT2D eigenvalue weighted by atomic mass is 35.5. The number of hydrogen-bond acceptors (Lipinski definition) is 9. The van der Waals surface area contributed by atoms with Gasteiger partial charge in [-0.25, -0.2) is 4.98 Å². The second-order valence-corrected chi connectivity index (χ2v) is 16.0. The minimum atomic E-state index is -1.36. The second-order valence-electron chi connectivity index (χ2n) is 15.3. The SMILES string of the molecule is CC(C)C(N)C(=O)NC1Cc2ccc(O)c(c2)C23c4cccc(c4OC2C)-c2cccc4[nH]c(Cl)c(c24)-c2oc(nc2Cl)-c2nc(oc23)C(C(C)C)NC1=O. The molecule has 3 aromatic heterocycles. The standard InChI is InChI=1S/C41H38Cl2N6O6/c1-16(2)29(44)38(52)46-25-15-19-12-13-26(50)23(14-19)41-18(5)53-32-21(9-6-10-22(32)41)20-8-7-11-24-27(20)28(35(42)45-24)33-36(43)49-40(54-33)31-34(41)55-39(48-31)30(17(3)4)47-37(25)51/h6-14,16-18,25,29-30,45,50H,15,44H2,1-5H3,(H,46,52)(H,47,51). The summed E-state index contributed by atoms with van der Waals surface area (Å²) in [4.78, 5) is 40.6. The Morgan fingerprint density at radius 3 is 2.56 bits per heavy atom. The molecule has 5 atom stereocenters. The van der Waals surface area contributed by atoms with Gasteiger partial charge in [-0.05, 0) is 42.0 Å². The third-order valence-electron chi connectivity index (χ3n) is 11.2. The molecule has 10 bridgehead atoms. The number of phenolic OH excluding ortho intramolecular Hbond substituents is 1. The maximum atomic E-state index is 14.2. The van der Waals surface area contributed by atoms with Gasteiger partial charge < -0.3 is 40.0 Å². The number of aromatic hydroxyl groups is 1. The molecule has 0 fully saturated rings. The first-order valence-corrected chi connectivity index (χ1v) is 19.0. The number of fused-ring (bicyclic) bond motifs is 8. The van der Waals surface area contributed by atoms with Crippen LogP contribution in [0, 0.1) is 11.8 Å². The third kappa shape index (κ3) is 5.14. The largest absolute Gasteiger partial charge is 0.508 e. The molecule has 14 heteroatoms. The Kier molecular flexibility index (Phi) is 8.12. The minimum Gasteiger partial charge on any atom is -0.508 e. The van der Waals surface area contributed by atoms with Crippen LogP contribution in [0.2, 0.25) is 10.3 Å². The highest BCUT2D eigenvalue weighted by Gasteiger charge is 2.57. The van der Waals surface area contributed by atoms with Gasteiger partial charge in [-0.15, -0.1) is 0 Å². The predicted molar refractivity (Wildman–Crippen MR) is 207 cm³/mol. The first-order valence-electron chi connectivity index (χ1n) is 18.3. The third-order valence-corrected chi connectivity index (χ3v) is 11.8. The van der Waals surface area contributed by atoms with Crippen molar-refractivity contribution in [1.82, 2.24) is 25.6 Å². The average molecular weight is 782 g/mol. The molecular formula is C41H38Cl2N6O6. The first kappa shape index (κ1) is 35.4. The number of para-hydroxylation sites is 1. The van der Waals surface area contributed by atoms with Gasteiger partial charge in [0.2, 0.25) is 17.7 Å². The van der Waals surface area contributed by atoms with Crippen molar-refractivity contribution in [2.45, 2.75) is 70.7 Å². The van der Waals surface area contributed by atoms with Gasteiger partial charge in [-0.2, -0.15) is 4.98 Å². The van der Waals surface area contributed by atoms with Crippen molar-refractivity contribution in [2.75, 3.05) is 0 Å². The molecule has 6 aromatic rings. The van der Waals surface area contributed by atoms with Crippen LogP contribution in [0.15, 0.2) is 63.4 Å². The lowest BCUT2D eigenvalue weighted by molar-refractivity contribution is -0.130. The molecule has 6 N–H and O–H groups in total. The van der Waals surface area contributed by atoms with E-state index in [-0.39, 0.29) is 58.2 Å². The highest BCUT2D eigenvalue weighted by molar-refractivity contribution is 6.37. The Morgan fingerprint density at radius 1 is 1.04 bits per heavy atom. The van der Waals surface area contributed by atoms with Crippen molar-refractivity contribution in [3.63, 3.8) is 0 Å². The molecule has 3 aliphatic heterocycles. The zero-order valence-corrected chi connectivity index (χ0v) is 32.1. The summed E-state index contributed by atoms with van der Waals surface area (Å²) < 4.78 is 20.5. The van der Waals surface area contributed by atoms with Crippen LogP contribution in [0.4, 0.5) is 0 Å². The molecule has 0 aliphatic carbocycles. The molecule has 12 nitrogen and oxygen atoms in total. The van der Waals surface area contributed by atoms with Gasteiger partial charge in [0.25, 0.3) is 5.89 Å². The van der Waals surface area contributed by atoms with Crippen molar-refractivity contribution >= 4 is 45.9 Å². The van der Waals surface area contributed by atoms with Gasteiger partial charge in [-0.1, -0.05) is 93.4 Å². The molecule has 3 aromatic carbocycles. The van der Waals surface area contributed by atoms with Gasteiger partial charge in [0, 0.05) is 34.0 Å². The van der Waals surface area contributed by atoms with Gasteiger partial charge in [-0.3, -0.25) is 9.59 Å². The van der Waals surface area contributed by atoms with E-state index in [1.54, 1.807) is 12.1 Å². The topological polar surface area (TPSA) is 182 Å². The fourth-order valence-electron chi connectivity index (χ4n) is 8.37. The summed E-state index contributed by atoms with van der Waals surface area (Å²) in [6.07, 6.45) is -0.617. The number of ether oxygens (including phenoxy) is 1. The van der Waals surface area contributed by atoms with Crippen molar-refractivity contribution in [1.29, 1.82) is 0 Å². The van der Waals surface area contributed by atoms with E-state index in [4.69, 9.17) is 52.5 Å². The lowest BCUT2D eigenvalue weighted by Gasteiger charge is -2.33. The van der Waals surface area contributed by atoms with E-state index in [1.807, 2.05) is 77.1 Å². The quantitative estimate of drug-likeness (QED) is 0.122. The fourth-order valence-corrected chi connectivity index (χ4v) is 8.86. The lowest BCUT2D eigenvalue weighted by Crippen LogP contribution is -2.54. The molecule has 2 amide bonds. The number of carbonyl (C=O) groups excluding carboxylic acids is 2. The maximum absolute atomic E-state index is 14.2. The monoisotopic (exact) mass is 780 g/mol. The molecular weight excluding hydrogens is 743 g/mol. The van der Waals surface area contributed by atoms with Crippen molar-refractivity contribution in [3.05, 3.63) is 93.2 Å². The van der Waals surface area contributed by atoms with E-state index in [9.17, 15) is 14.7 Å². The maximum Gasteiger partial charge on any atom is 0.250 e. The number of hydrogen-bond donors (Lipinski definition) is 5. The number of aromatic nitrogens is 3. The number of nitrogens with zero attached hydrogens (tertiary/aromatic N) is 2. The number of rotatable bonds is 4. The number of oxazole rings is 2. The first-order chi connectivity index (χ1) is 26.3. The van der Waals surface area contributed by atoms with Crippen LogP contribution in [0.3, 0.4) is 0 Å². The lowest BCUT2D eigenvalue weighted by atomic mass is 9.68. The summed E-state index contributed by atoms with van der Waals surface area (Å²) in [5.41, 5.74) is 9.70. The molecule has 3 aliphatic rings. The molecule has 5 unspecified atom stereocenters. The Balaban J connectivity index is 1.40. The number of amides is 2. The zero-order chi connectivity index (χ0) is 38.7. The summed E-state index contributed by atoms with van der Waals surface area (Å²) in [6, 6.07) is 14.2. The van der Waals surface area contributed by atoms with E-state index in [0.717, 1.165) is 22.0 Å². The molecule has 282 valence electrons. The van der Waals surface area contributed by atoms with Gasteiger partial charge in [0.15, 0.2) is 22.4 Å². The Labute approximate surface area is 325 Å². The molecule has 1 spiro atoms. The smallest absolute Gasteiger partial charge is 0.250 e. The molecule has 0 saturated carbocycles. The Bertz CT molecular complexity index is 2570. The van der Waals surface area contributed by atoms with Crippen molar-refractivity contribution in [3.8, 4) is 45.5 Å². The van der Waals surface area contributed by atoms with Crippen LogP contribution in [0.1, 0.15) is 69.0 Å². The van der Waals surface area contributed by atoms with Crippen molar-refractivity contribution < 1.29 is 28.3 Å². The van der Waals surface area contributed by atoms with Crippen LogP contribution in [0.25, 0.3) is 44.9 Å². The number of H-pyrrole nitrogens is 1. The normalized spacial score (nSPS) is 21.6. The summed E-state index contributed by atoms with van der Waals surface area (Å²) in [5.74, 6) is -0.113. The van der Waals surface area contributed by atoms with E-state index in [0.29, 0.717) is 33.2 Å². The zero-order valence-electron chi connectivity index (χ0n) is 30.6. The second kappa shape index (κ2) is 12.6. The van der Waals surface area contributed by atoms with Crippen LogP contribution >= 0.6 is 23.2 Å². The fraction of sp³-hybridized carbons (Fsp3) is 0.317. The summed E-state index contributed by atoms with van der Waals surface area (Å²) >= 11 is 13.9. The molecule has 6 heterocycles. The average Bonchev–Trinajstić information content (AvgIpc) is 3.90. The van der Waals surface area contributed by atoms with Gasteiger partial charge >= 0.3 is 0 Å². The summed E-state index contributed by atoms with van der Waals surface area (Å²) in [6.45, 7) is 9.45. The van der Waals surface area contributed by atoms with Crippen LogP contribution in [-0.2, 0) is 21.4 Å². The summed E-state index contributed by atoms with van der Waals surface area (Å²) in [7, 11) is 0. The van der Waals surface area contributed by atoms with Gasteiger partial charge in [0.1, 0.15) is 40.3 Å². The van der Waals surface area contributed by atoms with E-state index in [2.05, 4.69) is 15.6 Å². The van der Waals surface area contributed by atoms with E-state index in [1.165, 1.54) is 0 Å². The minimum absolute atomic E-state index is 0.0387. The highest BCUT2D eigenvalue weighted by Crippen LogP contribution is 2.60. The van der Waals surface area contributed by atoms with E-state index >= 15 is 0 Å². The number of aromatic amines is 1. The number of carbonyl (C=O) groups is 2.